The van der Waals surface area contributed by atoms with Crippen molar-refractivity contribution in [3.63, 3.8) is 0 Å². The van der Waals surface area contributed by atoms with E-state index in [1.807, 2.05) is 18.4 Å². The lowest BCUT2D eigenvalue weighted by atomic mass is 10.2. The van der Waals surface area contributed by atoms with Crippen molar-refractivity contribution >= 4 is 34.0 Å². The van der Waals surface area contributed by atoms with E-state index in [-0.39, 0.29) is 17.2 Å². The van der Waals surface area contributed by atoms with Crippen LogP contribution in [0.5, 0.6) is 0 Å². The number of oxazole rings is 1. The van der Waals surface area contributed by atoms with Crippen molar-refractivity contribution in [3.8, 4) is 0 Å². The van der Waals surface area contributed by atoms with Gasteiger partial charge in [0.05, 0.1) is 23.1 Å². The number of carbonyl (C=O) groups excluding carboxylic acids is 1. The van der Waals surface area contributed by atoms with Crippen LogP contribution in [0.4, 0.5) is 5.69 Å². The highest BCUT2D eigenvalue weighted by atomic mass is 32.1. The fraction of sp³-hybridized carbons (Fsp3) is 0.333. The fourth-order valence-corrected chi connectivity index (χ4v) is 3.79. The van der Waals surface area contributed by atoms with Gasteiger partial charge in [0.2, 0.25) is 5.91 Å². The average molecular weight is 389 g/mol. The zero-order valence-electron chi connectivity index (χ0n) is 15.0. The molecule has 0 bridgehead atoms. The van der Waals surface area contributed by atoms with E-state index in [4.69, 9.17) is 4.42 Å². The molecule has 0 aliphatic heterocycles. The number of rotatable bonds is 7. The summed E-state index contributed by atoms with van der Waals surface area (Å²) in [6, 6.07) is 6.08. The van der Waals surface area contributed by atoms with Crippen LogP contribution in [-0.2, 0) is 17.9 Å². The first-order valence-corrected chi connectivity index (χ1v) is 9.29. The monoisotopic (exact) mass is 389 g/mol. The van der Waals surface area contributed by atoms with E-state index in [9.17, 15) is 19.7 Å². The molecule has 0 saturated heterocycles. The molecule has 0 spiro atoms. The zero-order chi connectivity index (χ0) is 19.6. The SMILES string of the molecule is Cc1ccsc1CN(C)C(=O)CCCn1c(=O)oc2cc([N+](=O)[O-])ccc21. The molecule has 0 N–H and O–H groups in total. The van der Waals surface area contributed by atoms with Crippen LogP contribution in [0.3, 0.4) is 0 Å². The lowest BCUT2D eigenvalue weighted by Gasteiger charge is -2.17. The van der Waals surface area contributed by atoms with E-state index in [0.717, 1.165) is 4.88 Å². The molecule has 0 fully saturated rings. The maximum atomic E-state index is 12.3. The van der Waals surface area contributed by atoms with Gasteiger partial charge in [-0.2, -0.15) is 0 Å². The molecular weight excluding hydrogens is 370 g/mol. The number of nitro groups is 1. The molecule has 0 unspecified atom stereocenters. The smallest absolute Gasteiger partial charge is 0.407 e. The number of nitro benzene ring substituents is 1. The Bertz CT molecular complexity index is 1050. The molecule has 3 aromatic rings. The molecular formula is C18H19N3O5S. The van der Waals surface area contributed by atoms with Gasteiger partial charge in [0, 0.05) is 31.0 Å². The fourth-order valence-electron chi connectivity index (χ4n) is 2.83. The van der Waals surface area contributed by atoms with Gasteiger partial charge in [0.1, 0.15) is 0 Å². The molecule has 8 nitrogen and oxygen atoms in total. The van der Waals surface area contributed by atoms with Crippen molar-refractivity contribution in [1.82, 2.24) is 9.47 Å². The minimum atomic E-state index is -0.583. The molecule has 142 valence electrons. The van der Waals surface area contributed by atoms with Crippen molar-refractivity contribution in [2.24, 2.45) is 0 Å². The van der Waals surface area contributed by atoms with E-state index in [1.54, 1.807) is 23.3 Å². The van der Waals surface area contributed by atoms with Crippen LogP contribution < -0.4 is 5.76 Å². The quantitative estimate of drug-likeness (QED) is 0.456. The predicted octanol–water partition coefficient (Wildman–Crippen LogP) is 3.31. The number of hydrogen-bond donors (Lipinski definition) is 0. The van der Waals surface area contributed by atoms with Gasteiger partial charge in [0.15, 0.2) is 5.58 Å². The van der Waals surface area contributed by atoms with Crippen LogP contribution in [0.25, 0.3) is 11.1 Å². The predicted molar refractivity (Wildman–Crippen MR) is 102 cm³/mol. The Hall–Kier alpha value is -2.94. The largest absolute Gasteiger partial charge is 0.419 e. The summed E-state index contributed by atoms with van der Waals surface area (Å²) in [6.07, 6.45) is 0.769. The van der Waals surface area contributed by atoms with Crippen LogP contribution in [0.1, 0.15) is 23.3 Å². The molecule has 0 aliphatic carbocycles. The second-order valence-corrected chi connectivity index (χ2v) is 7.31. The highest BCUT2D eigenvalue weighted by Gasteiger charge is 2.15. The van der Waals surface area contributed by atoms with Gasteiger partial charge in [-0.3, -0.25) is 19.5 Å². The summed E-state index contributed by atoms with van der Waals surface area (Å²) in [5.41, 5.74) is 1.70. The molecule has 1 amide bonds. The summed E-state index contributed by atoms with van der Waals surface area (Å²) in [4.78, 5) is 37.4. The minimum Gasteiger partial charge on any atom is -0.407 e. The Morgan fingerprint density at radius 2 is 2.15 bits per heavy atom. The summed E-state index contributed by atoms with van der Waals surface area (Å²) < 4.78 is 6.49. The topological polar surface area (TPSA) is 98.6 Å². The summed E-state index contributed by atoms with van der Waals surface area (Å²) in [7, 11) is 1.76. The highest BCUT2D eigenvalue weighted by Crippen LogP contribution is 2.21. The number of aryl methyl sites for hydroxylation is 2. The van der Waals surface area contributed by atoms with Crippen LogP contribution in [-0.4, -0.2) is 27.3 Å². The lowest BCUT2D eigenvalue weighted by Crippen LogP contribution is -2.26. The third-order valence-corrected chi connectivity index (χ3v) is 5.42. The van der Waals surface area contributed by atoms with Crippen LogP contribution in [0.2, 0.25) is 0 Å². The van der Waals surface area contributed by atoms with Crippen LogP contribution >= 0.6 is 11.3 Å². The number of thiophene rings is 1. The van der Waals surface area contributed by atoms with Crippen molar-refractivity contribution in [2.45, 2.75) is 32.9 Å². The zero-order valence-corrected chi connectivity index (χ0v) is 15.8. The number of fused-ring (bicyclic) bond motifs is 1. The van der Waals surface area contributed by atoms with Crippen molar-refractivity contribution in [3.05, 3.63) is 60.8 Å². The third-order valence-electron chi connectivity index (χ3n) is 4.41. The Morgan fingerprint density at radius 3 is 2.81 bits per heavy atom. The maximum absolute atomic E-state index is 12.3. The molecule has 0 saturated carbocycles. The molecule has 1 aromatic carbocycles. The van der Waals surface area contributed by atoms with E-state index in [0.29, 0.717) is 31.4 Å². The number of non-ortho nitro benzene ring substituents is 1. The standard InChI is InChI=1S/C18H19N3O5S/c1-12-7-9-27-16(12)11-19(2)17(22)4-3-8-20-14-6-5-13(21(24)25)10-15(14)26-18(20)23/h5-7,9-10H,3-4,8,11H2,1-2H3. The number of amides is 1. The first-order chi connectivity index (χ1) is 12.9. The summed E-state index contributed by atoms with van der Waals surface area (Å²) in [5, 5.41) is 12.8. The minimum absolute atomic E-state index is 0.000660. The summed E-state index contributed by atoms with van der Waals surface area (Å²) in [5.74, 6) is -0.584. The Kier molecular flexibility index (Phi) is 5.41. The van der Waals surface area contributed by atoms with Gasteiger partial charge in [-0.05, 0) is 36.4 Å². The highest BCUT2D eigenvalue weighted by molar-refractivity contribution is 7.10. The third kappa shape index (κ3) is 4.08. The number of benzene rings is 1. The number of hydrogen-bond acceptors (Lipinski definition) is 6. The van der Waals surface area contributed by atoms with Crippen LogP contribution in [0, 0.1) is 17.0 Å². The number of carbonyl (C=O) groups is 1. The first-order valence-electron chi connectivity index (χ1n) is 8.41. The average Bonchev–Trinajstić information content (AvgIpc) is 3.17. The Balaban J connectivity index is 1.62. The maximum Gasteiger partial charge on any atom is 0.419 e. The van der Waals surface area contributed by atoms with E-state index >= 15 is 0 Å². The first kappa shape index (κ1) is 18.8. The second-order valence-electron chi connectivity index (χ2n) is 6.31. The molecule has 2 aromatic heterocycles. The van der Waals surface area contributed by atoms with Gasteiger partial charge in [-0.1, -0.05) is 0 Å². The molecule has 0 atom stereocenters. The number of aromatic nitrogens is 1. The van der Waals surface area contributed by atoms with E-state index in [1.165, 1.54) is 28.3 Å². The lowest BCUT2D eigenvalue weighted by molar-refractivity contribution is -0.384. The van der Waals surface area contributed by atoms with Gasteiger partial charge >= 0.3 is 5.76 Å². The van der Waals surface area contributed by atoms with Gasteiger partial charge in [-0.15, -0.1) is 11.3 Å². The molecule has 3 rings (SSSR count). The Labute approximate surface area is 158 Å². The summed E-state index contributed by atoms with van der Waals surface area (Å²) in [6.45, 7) is 2.90. The van der Waals surface area contributed by atoms with Crippen molar-refractivity contribution in [2.75, 3.05) is 7.05 Å². The Morgan fingerprint density at radius 1 is 1.37 bits per heavy atom. The molecule has 9 heteroatoms. The van der Waals surface area contributed by atoms with Crippen molar-refractivity contribution < 1.29 is 14.1 Å². The van der Waals surface area contributed by atoms with E-state index in [2.05, 4.69) is 0 Å². The van der Waals surface area contributed by atoms with E-state index < -0.39 is 10.7 Å². The van der Waals surface area contributed by atoms with Crippen molar-refractivity contribution in [1.29, 1.82) is 0 Å². The van der Waals surface area contributed by atoms with Gasteiger partial charge in [-0.25, -0.2) is 4.79 Å². The van der Waals surface area contributed by atoms with Crippen LogP contribution in [0.15, 0.2) is 38.9 Å². The molecule has 0 aliphatic rings. The van der Waals surface area contributed by atoms with Gasteiger partial charge < -0.3 is 9.32 Å². The molecule has 2 heterocycles. The normalized spacial score (nSPS) is 11.0. The molecule has 0 radical (unpaired) electrons. The van der Waals surface area contributed by atoms with Gasteiger partial charge in [0.25, 0.3) is 5.69 Å². The summed E-state index contributed by atoms with van der Waals surface area (Å²) >= 11 is 1.62. The molecule has 27 heavy (non-hydrogen) atoms. The number of nitrogens with zero attached hydrogens (tertiary/aromatic N) is 3. The second kappa shape index (κ2) is 7.75.